The fourth-order valence-electron chi connectivity index (χ4n) is 5.55. The van der Waals surface area contributed by atoms with E-state index < -0.39 is 18.0 Å². The van der Waals surface area contributed by atoms with Crippen molar-refractivity contribution in [3.8, 4) is 0 Å². The molecule has 0 bridgehead atoms. The maximum Gasteiger partial charge on any atom is 0.348 e. The van der Waals surface area contributed by atoms with E-state index in [1.807, 2.05) is 0 Å². The number of cyclic esters (lactones) is 1. The van der Waals surface area contributed by atoms with Gasteiger partial charge < -0.3 is 14.6 Å². The Morgan fingerprint density at radius 2 is 2.08 bits per heavy atom. The third-order valence-corrected chi connectivity index (χ3v) is 7.50. The fourth-order valence-corrected chi connectivity index (χ4v) is 5.55. The van der Waals surface area contributed by atoms with E-state index in [0.29, 0.717) is 11.8 Å². The first-order valence-electron chi connectivity index (χ1n) is 9.53. The van der Waals surface area contributed by atoms with Gasteiger partial charge in [0.15, 0.2) is 11.5 Å². The summed E-state index contributed by atoms with van der Waals surface area (Å²) in [5.41, 5.74) is 0.849. The zero-order valence-electron chi connectivity index (χ0n) is 16.3. The molecule has 5 atom stereocenters. The van der Waals surface area contributed by atoms with Crippen LogP contribution < -0.4 is 0 Å². The normalized spacial score (nSPS) is 40.4. The molecule has 5 heteroatoms. The zero-order valence-corrected chi connectivity index (χ0v) is 16.3. The molecule has 5 nitrogen and oxygen atoms in total. The van der Waals surface area contributed by atoms with Crippen molar-refractivity contribution in [3.05, 3.63) is 23.5 Å². The monoisotopic (exact) mass is 362 g/mol. The highest BCUT2D eigenvalue weighted by Gasteiger charge is 2.55. The van der Waals surface area contributed by atoms with Gasteiger partial charge in [-0.25, -0.2) is 4.79 Å². The Kier molecular flexibility index (Phi) is 4.80. The summed E-state index contributed by atoms with van der Waals surface area (Å²) >= 11 is 0. The lowest BCUT2D eigenvalue weighted by Crippen LogP contribution is -2.51. The second kappa shape index (κ2) is 6.52. The smallest absolute Gasteiger partial charge is 0.348 e. The van der Waals surface area contributed by atoms with E-state index in [9.17, 15) is 14.7 Å². The van der Waals surface area contributed by atoms with Crippen molar-refractivity contribution >= 4 is 11.8 Å². The maximum absolute atomic E-state index is 13.0. The number of Topliss-reactive ketones (excluding diaryl/α,β-unsaturated/α-hetero) is 1. The average Bonchev–Trinajstić information content (AvgIpc) is 2.87. The van der Waals surface area contributed by atoms with Crippen molar-refractivity contribution in [2.24, 2.45) is 22.7 Å². The number of carbonyl (C=O) groups excluding carboxylic acids is 2. The van der Waals surface area contributed by atoms with Crippen LogP contribution in [-0.2, 0) is 19.1 Å². The molecule has 1 N–H and O–H groups in total. The zero-order chi connectivity index (χ0) is 19.3. The van der Waals surface area contributed by atoms with Gasteiger partial charge in [0.25, 0.3) is 6.29 Å². The van der Waals surface area contributed by atoms with Gasteiger partial charge in [0.1, 0.15) is 5.57 Å². The highest BCUT2D eigenvalue weighted by atomic mass is 16.7. The molecule has 0 aromatic carbocycles. The number of esters is 1. The van der Waals surface area contributed by atoms with Gasteiger partial charge in [0.05, 0.1) is 0 Å². The first-order chi connectivity index (χ1) is 12.1. The Morgan fingerprint density at radius 3 is 2.69 bits per heavy atom. The minimum atomic E-state index is -1.17. The molecule has 0 aromatic rings. The molecule has 2 unspecified atom stereocenters. The number of ether oxygens (including phenoxy) is 2. The lowest BCUT2D eigenvalue weighted by atomic mass is 9.46. The van der Waals surface area contributed by atoms with Gasteiger partial charge in [0.2, 0.25) is 0 Å². The third-order valence-electron chi connectivity index (χ3n) is 7.50. The van der Waals surface area contributed by atoms with Crippen LogP contribution in [0.1, 0.15) is 59.3 Å². The Bertz CT molecular complexity index is 678. The number of aliphatic hydroxyl groups is 1. The predicted octanol–water partition coefficient (Wildman–Crippen LogP) is 4.09. The summed E-state index contributed by atoms with van der Waals surface area (Å²) in [6.45, 7) is 11.0. The number of hydrogen-bond acceptors (Lipinski definition) is 5. The summed E-state index contributed by atoms with van der Waals surface area (Å²) in [5.74, 6) is -0.828. The van der Waals surface area contributed by atoms with Crippen LogP contribution in [0.25, 0.3) is 0 Å². The van der Waals surface area contributed by atoms with E-state index in [1.54, 1.807) is 0 Å². The van der Waals surface area contributed by atoms with E-state index in [0.717, 1.165) is 32.1 Å². The summed E-state index contributed by atoms with van der Waals surface area (Å²) in [6, 6.07) is 0. The number of carbonyl (C=O) groups is 2. The van der Waals surface area contributed by atoms with Gasteiger partial charge in [-0.05, 0) is 54.8 Å². The summed E-state index contributed by atoms with van der Waals surface area (Å²) in [6.07, 6.45) is 4.41. The van der Waals surface area contributed by atoms with E-state index in [1.165, 1.54) is 12.7 Å². The van der Waals surface area contributed by atoms with Crippen molar-refractivity contribution in [3.63, 3.8) is 0 Å². The third kappa shape index (κ3) is 2.72. The van der Waals surface area contributed by atoms with Gasteiger partial charge >= 0.3 is 5.97 Å². The molecule has 0 radical (unpaired) electrons. The second-order valence-corrected chi connectivity index (χ2v) is 8.74. The van der Waals surface area contributed by atoms with E-state index in [2.05, 4.69) is 27.4 Å². The highest BCUT2D eigenvalue weighted by molar-refractivity contribution is 6.19. The Morgan fingerprint density at radius 1 is 1.38 bits per heavy atom. The number of hydrogen-bond donors (Lipinski definition) is 1. The van der Waals surface area contributed by atoms with Crippen molar-refractivity contribution in [2.45, 2.75) is 65.6 Å². The van der Waals surface area contributed by atoms with Gasteiger partial charge in [-0.15, -0.1) is 0 Å². The first kappa shape index (κ1) is 19.2. The maximum atomic E-state index is 13.0. The SMILES string of the molecule is C=C1CCCC2[C@](C)(CC(=O)C3=C(O)C(OC)OC3=O)[C@@H](C)CC[C@]12C. The van der Waals surface area contributed by atoms with Crippen LogP contribution in [-0.4, -0.2) is 30.3 Å². The van der Waals surface area contributed by atoms with E-state index in [-0.39, 0.29) is 28.6 Å². The summed E-state index contributed by atoms with van der Waals surface area (Å²) in [7, 11) is 1.32. The molecule has 2 aliphatic carbocycles. The van der Waals surface area contributed by atoms with Crippen LogP contribution in [0.15, 0.2) is 23.5 Å². The lowest BCUT2D eigenvalue weighted by molar-refractivity contribution is -0.159. The van der Waals surface area contributed by atoms with Crippen LogP contribution in [0.2, 0.25) is 0 Å². The molecular weight excluding hydrogens is 332 g/mol. The first-order valence-corrected chi connectivity index (χ1v) is 9.53. The number of ketones is 1. The lowest BCUT2D eigenvalue weighted by Gasteiger charge is -2.58. The van der Waals surface area contributed by atoms with Gasteiger partial charge in [-0.3, -0.25) is 4.79 Å². The number of fused-ring (bicyclic) bond motifs is 1. The Balaban J connectivity index is 1.91. The summed E-state index contributed by atoms with van der Waals surface area (Å²) < 4.78 is 9.84. The number of methoxy groups -OCH3 is 1. The van der Waals surface area contributed by atoms with Crippen LogP contribution in [0.3, 0.4) is 0 Å². The quantitative estimate of drug-likeness (QED) is 0.463. The molecule has 3 aliphatic rings. The molecule has 0 spiro atoms. The van der Waals surface area contributed by atoms with Crippen LogP contribution in [0.5, 0.6) is 0 Å². The molecule has 2 fully saturated rings. The van der Waals surface area contributed by atoms with Crippen molar-refractivity contribution in [2.75, 3.05) is 7.11 Å². The van der Waals surface area contributed by atoms with E-state index >= 15 is 0 Å². The number of rotatable bonds is 4. The molecule has 144 valence electrons. The molecular formula is C21H30O5. The number of aliphatic hydroxyl groups excluding tert-OH is 1. The standard InChI is InChI=1S/C21H30O5/c1-12-7-6-8-15-20(12,3)10-9-13(2)21(15,4)11-14(22)16-17(23)19(25-5)26-18(16)24/h13,15,19,23H,1,6-11H2,2-5H3/t13-,15?,19?,20+,21+/m0/s1. The second-order valence-electron chi connectivity index (χ2n) is 8.74. The summed E-state index contributed by atoms with van der Waals surface area (Å²) in [4.78, 5) is 25.1. The van der Waals surface area contributed by atoms with Crippen molar-refractivity contribution < 1.29 is 24.2 Å². The molecule has 1 aliphatic heterocycles. The predicted molar refractivity (Wildman–Crippen MR) is 97.3 cm³/mol. The van der Waals surface area contributed by atoms with Crippen molar-refractivity contribution in [1.29, 1.82) is 0 Å². The van der Waals surface area contributed by atoms with Gasteiger partial charge in [-0.2, -0.15) is 0 Å². The molecule has 2 saturated carbocycles. The minimum absolute atomic E-state index is 0.0431. The van der Waals surface area contributed by atoms with E-state index in [4.69, 9.17) is 9.47 Å². The molecule has 1 heterocycles. The Hall–Kier alpha value is -1.62. The van der Waals surface area contributed by atoms with Crippen LogP contribution in [0, 0.1) is 22.7 Å². The molecule has 0 saturated heterocycles. The molecule has 26 heavy (non-hydrogen) atoms. The van der Waals surface area contributed by atoms with Gasteiger partial charge in [0, 0.05) is 13.5 Å². The molecule has 0 amide bonds. The van der Waals surface area contributed by atoms with Gasteiger partial charge in [-0.1, -0.05) is 32.9 Å². The topological polar surface area (TPSA) is 72.8 Å². The number of allylic oxidation sites excluding steroid dienone is 1. The fraction of sp³-hybridized carbons (Fsp3) is 0.714. The minimum Gasteiger partial charge on any atom is -0.505 e. The van der Waals surface area contributed by atoms with Crippen LogP contribution >= 0.6 is 0 Å². The average molecular weight is 362 g/mol. The Labute approximate surface area is 155 Å². The molecule has 0 aromatic heterocycles. The molecule has 3 rings (SSSR count). The highest BCUT2D eigenvalue weighted by Crippen LogP contribution is 2.62. The van der Waals surface area contributed by atoms with Crippen LogP contribution in [0.4, 0.5) is 0 Å². The summed E-state index contributed by atoms with van der Waals surface area (Å²) in [5, 5.41) is 10.2. The van der Waals surface area contributed by atoms with Crippen molar-refractivity contribution in [1.82, 2.24) is 0 Å². The largest absolute Gasteiger partial charge is 0.505 e.